The van der Waals surface area contributed by atoms with Crippen LogP contribution in [0.5, 0.6) is 11.5 Å². The van der Waals surface area contributed by atoms with E-state index in [0.717, 1.165) is 18.9 Å². The van der Waals surface area contributed by atoms with Crippen molar-refractivity contribution in [1.82, 2.24) is 4.90 Å². The molecule has 11 heteroatoms. The van der Waals surface area contributed by atoms with Crippen molar-refractivity contribution >= 4 is 51.9 Å². The number of hydrogen-bond donors (Lipinski definition) is 0. The highest BCUT2D eigenvalue weighted by Gasteiger charge is 2.34. The summed E-state index contributed by atoms with van der Waals surface area (Å²) in [6.07, 6.45) is 3.59. The van der Waals surface area contributed by atoms with Crippen LogP contribution in [0.2, 0.25) is 0 Å². The molecule has 1 atom stereocenters. The Hall–Kier alpha value is -3.28. The van der Waals surface area contributed by atoms with E-state index in [2.05, 4.69) is 0 Å². The van der Waals surface area contributed by atoms with Gasteiger partial charge in [-0.2, -0.15) is 0 Å². The lowest BCUT2D eigenvalue weighted by atomic mass is 10.1. The summed E-state index contributed by atoms with van der Waals surface area (Å²) < 4.78 is 16.8. The number of non-ortho nitro benzene ring substituents is 1. The molecule has 0 bridgehead atoms. The summed E-state index contributed by atoms with van der Waals surface area (Å²) >= 11 is 6.60. The van der Waals surface area contributed by atoms with Crippen LogP contribution in [0.15, 0.2) is 47.4 Å². The van der Waals surface area contributed by atoms with Crippen molar-refractivity contribution in [3.8, 4) is 11.5 Å². The molecule has 4 rings (SSSR count). The number of thiocarbonyl (C=S) groups is 1. The summed E-state index contributed by atoms with van der Waals surface area (Å²) in [5.41, 5.74) is 0.480. The van der Waals surface area contributed by atoms with Crippen LogP contribution in [0.1, 0.15) is 28.8 Å². The number of methoxy groups -OCH3 is 1. The third-order valence-corrected chi connectivity index (χ3v) is 6.64. The number of thioether (sulfide) groups is 1. The molecule has 2 saturated heterocycles. The Morgan fingerprint density at radius 2 is 2.15 bits per heavy atom. The number of nitrogens with zero attached hydrogens (tertiary/aromatic N) is 2. The topological polar surface area (TPSA) is 108 Å². The molecule has 2 aliphatic heterocycles. The van der Waals surface area contributed by atoms with E-state index in [1.165, 1.54) is 43.1 Å². The number of carbonyl (C=O) groups excluding carboxylic acids is 2. The van der Waals surface area contributed by atoms with Gasteiger partial charge in [0.25, 0.3) is 11.6 Å². The molecule has 0 aliphatic carbocycles. The molecule has 0 spiro atoms. The second-order valence-corrected chi connectivity index (χ2v) is 9.21. The molecule has 176 valence electrons. The lowest BCUT2D eigenvalue weighted by Crippen LogP contribution is -2.35. The van der Waals surface area contributed by atoms with Crippen molar-refractivity contribution in [1.29, 1.82) is 0 Å². The maximum Gasteiger partial charge on any atom is 0.343 e. The van der Waals surface area contributed by atoms with Crippen molar-refractivity contribution in [2.45, 2.75) is 18.9 Å². The Morgan fingerprint density at radius 1 is 1.32 bits per heavy atom. The standard InChI is InChI=1S/C23H20N2O7S2/c1-30-19-10-14(11-20-21(26)24(23(33)34-20)13-17-6-3-9-31-17)7-8-18(19)32-22(27)15-4-2-5-16(12-15)25(28)29/h2,4-5,7-8,10-12,17H,3,6,9,13H2,1H3/b20-11-/t17-/m1/s1. The Balaban J connectivity index is 1.50. The van der Waals surface area contributed by atoms with Crippen LogP contribution in [-0.4, -0.2) is 52.4 Å². The van der Waals surface area contributed by atoms with Crippen molar-refractivity contribution in [2.24, 2.45) is 0 Å². The largest absolute Gasteiger partial charge is 0.493 e. The minimum absolute atomic E-state index is 0.00182. The zero-order valence-corrected chi connectivity index (χ0v) is 19.7. The van der Waals surface area contributed by atoms with Gasteiger partial charge in [0.15, 0.2) is 11.5 Å². The Labute approximate surface area is 204 Å². The van der Waals surface area contributed by atoms with Crippen molar-refractivity contribution in [3.05, 3.63) is 68.6 Å². The smallest absolute Gasteiger partial charge is 0.343 e. The van der Waals surface area contributed by atoms with Crippen molar-refractivity contribution in [3.63, 3.8) is 0 Å². The molecule has 0 N–H and O–H groups in total. The fourth-order valence-electron chi connectivity index (χ4n) is 3.56. The SMILES string of the molecule is COc1cc(/C=C2\SC(=S)N(C[C@H]3CCCO3)C2=O)ccc1OC(=O)c1cccc([N+](=O)[O-])c1. The molecular weight excluding hydrogens is 480 g/mol. The first kappa shape index (κ1) is 23.9. The number of amides is 1. The first-order chi connectivity index (χ1) is 16.4. The first-order valence-corrected chi connectivity index (χ1v) is 11.6. The fraction of sp³-hybridized carbons (Fsp3) is 0.261. The Morgan fingerprint density at radius 3 is 2.85 bits per heavy atom. The summed E-state index contributed by atoms with van der Waals surface area (Å²) in [5.74, 6) is -0.528. The quantitative estimate of drug-likeness (QED) is 0.138. The molecule has 1 amide bonds. The molecule has 2 aromatic rings. The highest BCUT2D eigenvalue weighted by Crippen LogP contribution is 2.35. The van der Waals surface area contributed by atoms with E-state index in [-0.39, 0.29) is 34.8 Å². The van der Waals surface area contributed by atoms with Gasteiger partial charge < -0.3 is 14.2 Å². The lowest BCUT2D eigenvalue weighted by molar-refractivity contribution is -0.384. The van der Waals surface area contributed by atoms with E-state index >= 15 is 0 Å². The number of hydrogen-bond acceptors (Lipinski definition) is 9. The van der Waals surface area contributed by atoms with Gasteiger partial charge in [-0.25, -0.2) is 4.79 Å². The van der Waals surface area contributed by atoms with Gasteiger partial charge in [0.05, 0.1) is 35.2 Å². The van der Waals surface area contributed by atoms with E-state index in [9.17, 15) is 19.7 Å². The molecule has 2 aromatic carbocycles. The second-order valence-electron chi connectivity index (χ2n) is 7.53. The zero-order valence-electron chi connectivity index (χ0n) is 18.1. The molecule has 34 heavy (non-hydrogen) atoms. The number of rotatable bonds is 7. The minimum atomic E-state index is -0.759. The van der Waals surface area contributed by atoms with E-state index in [4.69, 9.17) is 26.4 Å². The van der Waals surface area contributed by atoms with E-state index in [0.29, 0.717) is 27.9 Å². The molecule has 0 saturated carbocycles. The number of carbonyl (C=O) groups is 2. The van der Waals surface area contributed by atoms with Crippen LogP contribution >= 0.6 is 24.0 Å². The molecule has 2 fully saturated rings. The third kappa shape index (κ3) is 5.27. The molecule has 2 aliphatic rings. The van der Waals surface area contributed by atoms with Crippen LogP contribution in [0.25, 0.3) is 6.08 Å². The lowest BCUT2D eigenvalue weighted by Gasteiger charge is -2.18. The monoisotopic (exact) mass is 500 g/mol. The van der Waals surface area contributed by atoms with Gasteiger partial charge in [-0.1, -0.05) is 36.1 Å². The van der Waals surface area contributed by atoms with Crippen LogP contribution in [0, 0.1) is 10.1 Å². The molecular formula is C23H20N2O7S2. The maximum atomic E-state index is 12.9. The number of esters is 1. The summed E-state index contributed by atoms with van der Waals surface area (Å²) in [6, 6.07) is 10.1. The molecule has 2 heterocycles. The van der Waals surface area contributed by atoms with Gasteiger partial charge in [-0.05, 0) is 42.7 Å². The summed E-state index contributed by atoms with van der Waals surface area (Å²) in [4.78, 5) is 37.7. The van der Waals surface area contributed by atoms with Gasteiger partial charge in [0.1, 0.15) is 4.32 Å². The van der Waals surface area contributed by atoms with Crippen molar-refractivity contribution in [2.75, 3.05) is 20.3 Å². The van der Waals surface area contributed by atoms with Crippen LogP contribution in [-0.2, 0) is 9.53 Å². The number of nitro benzene ring substituents is 1. The van der Waals surface area contributed by atoms with Crippen LogP contribution in [0.4, 0.5) is 5.69 Å². The number of nitro groups is 1. The Kier molecular flexibility index (Phi) is 7.25. The predicted molar refractivity (Wildman–Crippen MR) is 130 cm³/mol. The molecule has 9 nitrogen and oxygen atoms in total. The average Bonchev–Trinajstić information content (AvgIpc) is 3.44. The fourth-order valence-corrected chi connectivity index (χ4v) is 4.84. The van der Waals surface area contributed by atoms with Crippen molar-refractivity contribution < 1.29 is 28.7 Å². The van der Waals surface area contributed by atoms with E-state index in [1.807, 2.05) is 0 Å². The number of ether oxygens (including phenoxy) is 3. The summed E-state index contributed by atoms with van der Waals surface area (Å²) in [5, 5.41) is 10.9. The predicted octanol–water partition coefficient (Wildman–Crippen LogP) is 4.20. The number of benzene rings is 2. The maximum absolute atomic E-state index is 12.9. The van der Waals surface area contributed by atoms with Gasteiger partial charge in [0, 0.05) is 18.7 Å². The molecule has 0 radical (unpaired) electrons. The van der Waals surface area contributed by atoms with Gasteiger partial charge in [0.2, 0.25) is 0 Å². The average molecular weight is 501 g/mol. The normalized spacial score (nSPS) is 19.0. The Bertz CT molecular complexity index is 1190. The summed E-state index contributed by atoms with van der Waals surface area (Å²) in [7, 11) is 1.42. The van der Waals surface area contributed by atoms with E-state index in [1.54, 1.807) is 23.1 Å². The highest BCUT2D eigenvalue weighted by atomic mass is 32.2. The zero-order chi connectivity index (χ0) is 24.2. The molecule has 0 unspecified atom stereocenters. The minimum Gasteiger partial charge on any atom is -0.493 e. The van der Waals surface area contributed by atoms with Gasteiger partial charge in [-0.15, -0.1) is 0 Å². The van der Waals surface area contributed by atoms with Gasteiger partial charge >= 0.3 is 5.97 Å². The van der Waals surface area contributed by atoms with Crippen LogP contribution in [0.3, 0.4) is 0 Å². The first-order valence-electron chi connectivity index (χ1n) is 10.4. The second kappa shape index (κ2) is 10.3. The van der Waals surface area contributed by atoms with E-state index < -0.39 is 10.9 Å². The molecule has 0 aromatic heterocycles. The summed E-state index contributed by atoms with van der Waals surface area (Å²) in [6.45, 7) is 1.14. The van der Waals surface area contributed by atoms with Crippen LogP contribution < -0.4 is 9.47 Å². The highest BCUT2D eigenvalue weighted by molar-refractivity contribution is 8.26. The third-order valence-electron chi connectivity index (χ3n) is 5.26. The van der Waals surface area contributed by atoms with Gasteiger partial charge in [-0.3, -0.25) is 19.8 Å².